The lowest BCUT2D eigenvalue weighted by atomic mass is 10.0. The van der Waals surface area contributed by atoms with Gasteiger partial charge < -0.3 is 15.5 Å². The molecule has 5 heteroatoms. The van der Waals surface area contributed by atoms with Crippen molar-refractivity contribution in [1.29, 1.82) is 0 Å². The molecule has 1 aromatic rings. The monoisotopic (exact) mass is 279 g/mol. The van der Waals surface area contributed by atoms with E-state index in [0.29, 0.717) is 0 Å². The van der Waals surface area contributed by atoms with Crippen LogP contribution in [0.15, 0.2) is 0 Å². The first-order valence-electron chi connectivity index (χ1n) is 7.28. The quantitative estimate of drug-likeness (QED) is 0.803. The Kier molecular flexibility index (Phi) is 5.74. The maximum absolute atomic E-state index is 4.65. The lowest BCUT2D eigenvalue weighted by Gasteiger charge is -2.33. The topological polar surface area (TPSA) is 53.1 Å². The fourth-order valence-corrected chi connectivity index (χ4v) is 1.77. The van der Waals surface area contributed by atoms with E-state index in [4.69, 9.17) is 0 Å². The minimum Gasteiger partial charge on any atom is -0.373 e. The Labute approximate surface area is 123 Å². The number of hydrogen-bond donors (Lipinski definition) is 2. The summed E-state index contributed by atoms with van der Waals surface area (Å²) in [7, 11) is 6.09. The predicted octanol–water partition coefficient (Wildman–Crippen LogP) is 2.53. The lowest BCUT2D eigenvalue weighted by molar-refractivity contribution is 0.210. The second-order valence-electron chi connectivity index (χ2n) is 6.02. The number of rotatable bonds is 7. The van der Waals surface area contributed by atoms with Crippen LogP contribution in [-0.4, -0.2) is 48.1 Å². The van der Waals surface area contributed by atoms with E-state index in [-0.39, 0.29) is 5.54 Å². The van der Waals surface area contributed by atoms with Crippen molar-refractivity contribution in [3.63, 3.8) is 0 Å². The molecule has 0 radical (unpaired) electrons. The molecular formula is C15H29N5. The van der Waals surface area contributed by atoms with E-state index in [1.54, 1.807) is 0 Å². The number of likely N-dealkylation sites (N-methyl/N-ethyl adjacent to an activating group) is 1. The van der Waals surface area contributed by atoms with Crippen molar-refractivity contribution >= 4 is 11.6 Å². The zero-order chi connectivity index (χ0) is 15.3. The SMILES string of the molecule is CCCc1nc(NC)c(C)c(NCC(C)(C)N(C)C)n1. The van der Waals surface area contributed by atoms with Gasteiger partial charge in [0.2, 0.25) is 0 Å². The fraction of sp³-hybridized carbons (Fsp3) is 0.733. The van der Waals surface area contributed by atoms with Gasteiger partial charge in [-0.05, 0) is 41.3 Å². The van der Waals surface area contributed by atoms with Gasteiger partial charge >= 0.3 is 0 Å². The highest BCUT2D eigenvalue weighted by Crippen LogP contribution is 2.21. The van der Waals surface area contributed by atoms with Crippen LogP contribution in [0.5, 0.6) is 0 Å². The Morgan fingerprint density at radius 1 is 1.15 bits per heavy atom. The minimum atomic E-state index is 0.0715. The molecule has 1 heterocycles. The zero-order valence-electron chi connectivity index (χ0n) is 14.0. The van der Waals surface area contributed by atoms with Crippen LogP contribution in [0.4, 0.5) is 11.6 Å². The molecule has 20 heavy (non-hydrogen) atoms. The van der Waals surface area contributed by atoms with Gasteiger partial charge in [0, 0.05) is 31.1 Å². The van der Waals surface area contributed by atoms with E-state index in [1.165, 1.54) is 0 Å². The standard InChI is InChI=1S/C15H29N5/c1-8-9-12-18-13(16-5)11(2)14(19-12)17-10-15(3,4)20(6)7/h8-10H2,1-7H3,(H2,16,17,18,19). The second kappa shape index (κ2) is 6.88. The molecule has 0 aliphatic heterocycles. The number of anilines is 2. The molecule has 0 bridgehead atoms. The summed E-state index contributed by atoms with van der Waals surface area (Å²) in [6, 6.07) is 0. The average molecular weight is 279 g/mol. The molecule has 1 aromatic heterocycles. The molecular weight excluding hydrogens is 250 g/mol. The van der Waals surface area contributed by atoms with Crippen LogP contribution < -0.4 is 10.6 Å². The van der Waals surface area contributed by atoms with Crippen molar-refractivity contribution in [2.45, 2.75) is 46.1 Å². The summed E-state index contributed by atoms with van der Waals surface area (Å²) in [6.45, 7) is 9.45. The maximum atomic E-state index is 4.65. The van der Waals surface area contributed by atoms with Gasteiger partial charge in [-0.1, -0.05) is 6.92 Å². The van der Waals surface area contributed by atoms with Crippen molar-refractivity contribution in [2.24, 2.45) is 0 Å². The van der Waals surface area contributed by atoms with Crippen molar-refractivity contribution in [1.82, 2.24) is 14.9 Å². The van der Waals surface area contributed by atoms with E-state index in [1.807, 2.05) is 14.0 Å². The van der Waals surface area contributed by atoms with Crippen LogP contribution in [0.1, 0.15) is 38.6 Å². The van der Waals surface area contributed by atoms with Gasteiger partial charge in [0.1, 0.15) is 17.5 Å². The van der Waals surface area contributed by atoms with Crippen LogP contribution in [-0.2, 0) is 6.42 Å². The summed E-state index contributed by atoms with van der Waals surface area (Å²) in [5.41, 5.74) is 1.14. The summed E-state index contributed by atoms with van der Waals surface area (Å²) >= 11 is 0. The van der Waals surface area contributed by atoms with Gasteiger partial charge in [0.05, 0.1) is 0 Å². The Hall–Kier alpha value is -1.36. The Bertz CT molecular complexity index is 440. The van der Waals surface area contributed by atoms with Gasteiger partial charge in [-0.15, -0.1) is 0 Å². The van der Waals surface area contributed by atoms with Gasteiger partial charge in [0.15, 0.2) is 0 Å². The van der Waals surface area contributed by atoms with Gasteiger partial charge in [-0.3, -0.25) is 0 Å². The first kappa shape index (κ1) is 16.7. The molecule has 0 saturated carbocycles. The van der Waals surface area contributed by atoms with E-state index in [9.17, 15) is 0 Å². The Morgan fingerprint density at radius 3 is 2.25 bits per heavy atom. The fourth-order valence-electron chi connectivity index (χ4n) is 1.77. The number of nitrogens with zero attached hydrogens (tertiary/aromatic N) is 3. The number of nitrogens with one attached hydrogen (secondary N) is 2. The Balaban J connectivity index is 2.96. The molecule has 0 atom stereocenters. The minimum absolute atomic E-state index is 0.0715. The number of aromatic nitrogens is 2. The highest BCUT2D eigenvalue weighted by Gasteiger charge is 2.21. The highest BCUT2D eigenvalue weighted by molar-refractivity contribution is 5.57. The lowest BCUT2D eigenvalue weighted by Crippen LogP contribution is -2.44. The molecule has 0 aliphatic carbocycles. The summed E-state index contributed by atoms with van der Waals surface area (Å²) in [6.07, 6.45) is 1.95. The van der Waals surface area contributed by atoms with Crippen LogP contribution in [0.3, 0.4) is 0 Å². The molecule has 0 amide bonds. The molecule has 114 valence electrons. The second-order valence-corrected chi connectivity index (χ2v) is 6.02. The summed E-state index contributed by atoms with van der Waals surface area (Å²) in [4.78, 5) is 11.4. The molecule has 0 aliphatic rings. The first-order valence-corrected chi connectivity index (χ1v) is 7.28. The summed E-state index contributed by atoms with van der Waals surface area (Å²) < 4.78 is 0. The van der Waals surface area contributed by atoms with Crippen LogP contribution in [0.25, 0.3) is 0 Å². The molecule has 5 nitrogen and oxygen atoms in total. The van der Waals surface area contributed by atoms with Crippen molar-refractivity contribution < 1.29 is 0 Å². The van der Waals surface area contributed by atoms with E-state index in [0.717, 1.165) is 42.4 Å². The van der Waals surface area contributed by atoms with E-state index < -0.39 is 0 Å². The van der Waals surface area contributed by atoms with Crippen LogP contribution in [0.2, 0.25) is 0 Å². The highest BCUT2D eigenvalue weighted by atomic mass is 15.2. The van der Waals surface area contributed by atoms with Crippen molar-refractivity contribution in [3.05, 3.63) is 11.4 Å². The molecule has 0 spiro atoms. The maximum Gasteiger partial charge on any atom is 0.134 e. The van der Waals surface area contributed by atoms with Crippen molar-refractivity contribution in [2.75, 3.05) is 38.3 Å². The number of hydrogen-bond acceptors (Lipinski definition) is 5. The zero-order valence-corrected chi connectivity index (χ0v) is 14.0. The van der Waals surface area contributed by atoms with Crippen LogP contribution >= 0.6 is 0 Å². The third kappa shape index (κ3) is 4.07. The number of aryl methyl sites for hydroxylation is 1. The van der Waals surface area contributed by atoms with Crippen molar-refractivity contribution in [3.8, 4) is 0 Å². The molecule has 2 N–H and O–H groups in total. The van der Waals surface area contributed by atoms with E-state index >= 15 is 0 Å². The van der Waals surface area contributed by atoms with Gasteiger partial charge in [0.25, 0.3) is 0 Å². The largest absolute Gasteiger partial charge is 0.373 e. The molecule has 0 saturated heterocycles. The molecule has 0 unspecified atom stereocenters. The average Bonchev–Trinajstić information content (AvgIpc) is 2.39. The predicted molar refractivity (Wildman–Crippen MR) is 86.6 cm³/mol. The Morgan fingerprint density at radius 2 is 1.75 bits per heavy atom. The van der Waals surface area contributed by atoms with Gasteiger partial charge in [-0.25, -0.2) is 9.97 Å². The van der Waals surface area contributed by atoms with E-state index in [2.05, 4.69) is 60.4 Å². The normalized spacial score (nSPS) is 11.8. The molecule has 0 fully saturated rings. The summed E-state index contributed by atoms with van der Waals surface area (Å²) in [5.74, 6) is 2.74. The van der Waals surface area contributed by atoms with Gasteiger partial charge in [-0.2, -0.15) is 0 Å². The summed E-state index contributed by atoms with van der Waals surface area (Å²) in [5, 5.41) is 6.63. The third-order valence-corrected chi connectivity index (χ3v) is 3.80. The third-order valence-electron chi connectivity index (χ3n) is 3.80. The van der Waals surface area contributed by atoms with Crippen LogP contribution in [0, 0.1) is 6.92 Å². The first-order chi connectivity index (χ1) is 9.31. The molecule has 1 rings (SSSR count). The smallest absolute Gasteiger partial charge is 0.134 e. The molecule has 0 aromatic carbocycles.